The first kappa shape index (κ1) is 19.3. The molecule has 0 bridgehead atoms. The molecule has 4 aromatic rings. The maximum atomic E-state index is 5.89. The Morgan fingerprint density at radius 1 is 0.828 bits per heavy atom. The van der Waals surface area contributed by atoms with Gasteiger partial charge in [0.1, 0.15) is 11.6 Å². The fraction of sp³-hybridized carbons (Fsp3) is 0.269. The van der Waals surface area contributed by atoms with Gasteiger partial charge in [-0.2, -0.15) is 0 Å². The summed E-state index contributed by atoms with van der Waals surface area (Å²) in [6, 6.07) is 23.3. The van der Waals surface area contributed by atoms with Crippen LogP contribution in [0.3, 0.4) is 0 Å². The number of hydrogen-bond donors (Lipinski definition) is 0. The molecule has 3 heteroatoms. The molecule has 0 saturated carbocycles. The standard InChI is InChI=1S/C26H28N2O/c1-19-10-13-22(14-11-19)29-17-7-6-16-28-25-9-5-4-8-24(25)27-26(28)23-15-12-20(2)18-21(23)3/h4-5,8-15,18H,6-7,16-17H2,1-3H3. The lowest BCUT2D eigenvalue weighted by molar-refractivity contribution is 0.303. The number of hydrogen-bond acceptors (Lipinski definition) is 2. The molecule has 0 atom stereocenters. The second kappa shape index (κ2) is 8.52. The molecule has 0 fully saturated rings. The number of rotatable bonds is 7. The molecule has 1 aromatic heterocycles. The summed E-state index contributed by atoms with van der Waals surface area (Å²) >= 11 is 0. The Morgan fingerprint density at radius 2 is 1.59 bits per heavy atom. The Hall–Kier alpha value is -3.07. The number of aryl methyl sites for hydroxylation is 4. The van der Waals surface area contributed by atoms with Crippen LogP contribution in [0.25, 0.3) is 22.4 Å². The van der Waals surface area contributed by atoms with Crippen molar-refractivity contribution in [3.63, 3.8) is 0 Å². The number of unbranched alkanes of at least 4 members (excludes halogenated alkanes) is 1. The van der Waals surface area contributed by atoms with Crippen LogP contribution in [-0.4, -0.2) is 16.2 Å². The molecule has 0 radical (unpaired) electrons. The summed E-state index contributed by atoms with van der Waals surface area (Å²) in [6.07, 6.45) is 2.05. The number of benzene rings is 3. The van der Waals surface area contributed by atoms with Gasteiger partial charge in [-0.05, 0) is 63.4 Å². The smallest absolute Gasteiger partial charge is 0.141 e. The molecule has 148 valence electrons. The SMILES string of the molecule is Cc1ccc(OCCCCn2c(-c3ccc(C)cc3C)nc3ccccc32)cc1. The van der Waals surface area contributed by atoms with Crippen LogP contribution in [0.4, 0.5) is 0 Å². The van der Waals surface area contributed by atoms with Gasteiger partial charge < -0.3 is 9.30 Å². The molecule has 0 saturated heterocycles. The van der Waals surface area contributed by atoms with E-state index in [1.54, 1.807) is 0 Å². The Morgan fingerprint density at radius 3 is 2.38 bits per heavy atom. The van der Waals surface area contributed by atoms with Gasteiger partial charge in [0.25, 0.3) is 0 Å². The summed E-state index contributed by atoms with van der Waals surface area (Å²) in [4.78, 5) is 4.96. The molecule has 1 heterocycles. The van der Waals surface area contributed by atoms with Gasteiger partial charge in [0.15, 0.2) is 0 Å². The number of fused-ring (bicyclic) bond motifs is 1. The van der Waals surface area contributed by atoms with Gasteiger partial charge in [-0.3, -0.25) is 0 Å². The third-order valence-electron chi connectivity index (χ3n) is 5.34. The zero-order chi connectivity index (χ0) is 20.2. The van der Waals surface area contributed by atoms with Crippen LogP contribution < -0.4 is 4.74 Å². The summed E-state index contributed by atoms with van der Waals surface area (Å²) < 4.78 is 8.25. The summed E-state index contributed by atoms with van der Waals surface area (Å²) in [5.41, 5.74) is 7.26. The van der Waals surface area contributed by atoms with Crippen LogP contribution in [0.1, 0.15) is 29.5 Å². The predicted octanol–water partition coefficient (Wildman–Crippen LogP) is 6.49. The predicted molar refractivity (Wildman–Crippen MR) is 121 cm³/mol. The van der Waals surface area contributed by atoms with Crippen molar-refractivity contribution in [3.05, 3.63) is 83.4 Å². The highest BCUT2D eigenvalue weighted by Gasteiger charge is 2.14. The molecule has 0 unspecified atom stereocenters. The second-order valence-electron chi connectivity index (χ2n) is 7.76. The fourth-order valence-corrected chi connectivity index (χ4v) is 3.77. The van der Waals surface area contributed by atoms with Gasteiger partial charge in [-0.1, -0.05) is 53.6 Å². The van der Waals surface area contributed by atoms with E-state index in [9.17, 15) is 0 Å². The molecule has 0 amide bonds. The number of nitrogens with zero attached hydrogens (tertiary/aromatic N) is 2. The minimum atomic E-state index is 0.731. The van der Waals surface area contributed by atoms with Gasteiger partial charge in [0, 0.05) is 12.1 Å². The lowest BCUT2D eigenvalue weighted by Gasteiger charge is -2.12. The molecule has 29 heavy (non-hydrogen) atoms. The lowest BCUT2D eigenvalue weighted by Crippen LogP contribution is -2.04. The summed E-state index contributed by atoms with van der Waals surface area (Å²) in [7, 11) is 0. The van der Waals surface area contributed by atoms with Crippen LogP contribution in [0, 0.1) is 20.8 Å². The molecule has 0 aliphatic rings. The molecule has 0 N–H and O–H groups in total. The van der Waals surface area contributed by atoms with Crippen molar-refractivity contribution in [3.8, 4) is 17.1 Å². The van der Waals surface area contributed by atoms with Gasteiger partial charge in [0.2, 0.25) is 0 Å². The average Bonchev–Trinajstić information content (AvgIpc) is 3.07. The summed E-state index contributed by atoms with van der Waals surface area (Å²) in [5.74, 6) is 2.00. The van der Waals surface area contributed by atoms with Gasteiger partial charge in [0.05, 0.1) is 17.6 Å². The molecule has 3 aromatic carbocycles. The van der Waals surface area contributed by atoms with Crippen molar-refractivity contribution < 1.29 is 4.74 Å². The molecule has 0 spiro atoms. The van der Waals surface area contributed by atoms with Gasteiger partial charge in [-0.25, -0.2) is 4.98 Å². The zero-order valence-corrected chi connectivity index (χ0v) is 17.5. The van der Waals surface area contributed by atoms with Crippen molar-refractivity contribution in [2.24, 2.45) is 0 Å². The topological polar surface area (TPSA) is 27.1 Å². The Balaban J connectivity index is 1.49. The first-order valence-corrected chi connectivity index (χ1v) is 10.3. The fourth-order valence-electron chi connectivity index (χ4n) is 3.77. The average molecular weight is 385 g/mol. The normalized spacial score (nSPS) is 11.1. The Labute approximate surface area is 173 Å². The van der Waals surface area contributed by atoms with Crippen molar-refractivity contribution >= 4 is 11.0 Å². The van der Waals surface area contributed by atoms with E-state index in [0.29, 0.717) is 0 Å². The van der Waals surface area contributed by atoms with Crippen LogP contribution >= 0.6 is 0 Å². The monoisotopic (exact) mass is 384 g/mol. The van der Waals surface area contributed by atoms with Crippen molar-refractivity contribution in [2.75, 3.05) is 6.61 Å². The van der Waals surface area contributed by atoms with Crippen molar-refractivity contribution in [1.29, 1.82) is 0 Å². The van der Waals surface area contributed by atoms with Crippen LogP contribution in [-0.2, 0) is 6.54 Å². The molecule has 3 nitrogen and oxygen atoms in total. The largest absolute Gasteiger partial charge is 0.494 e. The van der Waals surface area contributed by atoms with E-state index >= 15 is 0 Å². The van der Waals surface area contributed by atoms with Crippen molar-refractivity contribution in [1.82, 2.24) is 9.55 Å². The third-order valence-corrected chi connectivity index (χ3v) is 5.34. The van der Waals surface area contributed by atoms with Gasteiger partial charge in [-0.15, -0.1) is 0 Å². The Kier molecular flexibility index (Phi) is 5.66. The van der Waals surface area contributed by atoms with E-state index in [1.807, 2.05) is 12.1 Å². The minimum absolute atomic E-state index is 0.731. The third kappa shape index (κ3) is 4.34. The van der Waals surface area contributed by atoms with Crippen LogP contribution in [0.15, 0.2) is 66.7 Å². The van der Waals surface area contributed by atoms with Gasteiger partial charge >= 0.3 is 0 Å². The summed E-state index contributed by atoms with van der Waals surface area (Å²) in [6.45, 7) is 8.05. The number of ether oxygens (including phenoxy) is 1. The van der Waals surface area contributed by atoms with E-state index < -0.39 is 0 Å². The first-order chi connectivity index (χ1) is 14.1. The molecule has 4 rings (SSSR count). The first-order valence-electron chi connectivity index (χ1n) is 10.3. The highest BCUT2D eigenvalue weighted by molar-refractivity contribution is 5.81. The summed E-state index contributed by atoms with van der Waals surface area (Å²) in [5, 5.41) is 0. The molecule has 0 aliphatic heterocycles. The van der Waals surface area contributed by atoms with Crippen molar-refractivity contribution in [2.45, 2.75) is 40.2 Å². The number of para-hydroxylation sites is 2. The lowest BCUT2D eigenvalue weighted by atomic mass is 10.1. The quantitative estimate of drug-likeness (QED) is 0.341. The second-order valence-corrected chi connectivity index (χ2v) is 7.76. The van der Waals surface area contributed by atoms with E-state index in [1.165, 1.54) is 27.8 Å². The maximum absolute atomic E-state index is 5.89. The van der Waals surface area contributed by atoms with E-state index in [2.05, 4.69) is 79.9 Å². The maximum Gasteiger partial charge on any atom is 0.141 e. The van der Waals surface area contributed by atoms with E-state index in [4.69, 9.17) is 9.72 Å². The molecular weight excluding hydrogens is 356 g/mol. The highest BCUT2D eigenvalue weighted by atomic mass is 16.5. The van der Waals surface area contributed by atoms with Crippen LogP contribution in [0.2, 0.25) is 0 Å². The van der Waals surface area contributed by atoms with E-state index in [-0.39, 0.29) is 0 Å². The minimum Gasteiger partial charge on any atom is -0.494 e. The molecular formula is C26H28N2O. The Bertz CT molecular complexity index is 1110. The number of imidazole rings is 1. The number of aromatic nitrogens is 2. The van der Waals surface area contributed by atoms with E-state index in [0.717, 1.165) is 43.1 Å². The highest BCUT2D eigenvalue weighted by Crippen LogP contribution is 2.28. The van der Waals surface area contributed by atoms with Crippen LogP contribution in [0.5, 0.6) is 5.75 Å². The molecule has 0 aliphatic carbocycles. The zero-order valence-electron chi connectivity index (χ0n) is 17.5.